The highest BCUT2D eigenvalue weighted by atomic mass is 32.2. The summed E-state index contributed by atoms with van der Waals surface area (Å²) in [5, 5.41) is 0.755. The molecule has 0 radical (unpaired) electrons. The van der Waals surface area contributed by atoms with Crippen LogP contribution in [0.15, 0.2) is 29.2 Å². The van der Waals surface area contributed by atoms with E-state index in [0.717, 1.165) is 35.2 Å². The summed E-state index contributed by atoms with van der Waals surface area (Å²) >= 11 is 1.28. The number of hydrogen-bond donors (Lipinski definition) is 0. The number of aromatic nitrogens is 2. The van der Waals surface area contributed by atoms with Crippen molar-refractivity contribution in [1.29, 1.82) is 0 Å². The summed E-state index contributed by atoms with van der Waals surface area (Å²) < 4.78 is 68.9. The number of piperazine rings is 1. The van der Waals surface area contributed by atoms with Gasteiger partial charge in [-0.15, -0.1) is 0 Å². The fraction of sp³-hybridized carbons (Fsp3) is 0.500. The van der Waals surface area contributed by atoms with Crippen molar-refractivity contribution in [3.8, 4) is 0 Å². The van der Waals surface area contributed by atoms with E-state index in [4.69, 9.17) is 0 Å². The summed E-state index contributed by atoms with van der Waals surface area (Å²) in [4.78, 5) is 6.31. The van der Waals surface area contributed by atoms with Crippen molar-refractivity contribution in [3.05, 3.63) is 35.7 Å². The molecule has 6 nitrogen and oxygen atoms in total. The topological polar surface area (TPSA) is 66.4 Å². The molecule has 0 aliphatic carbocycles. The van der Waals surface area contributed by atoms with E-state index in [2.05, 4.69) is 9.36 Å². The number of sulfonamides is 1. The molecular weight excluding hydrogens is 401 g/mol. The number of benzene rings is 1. The third kappa shape index (κ3) is 4.25. The Bertz CT molecular complexity index is 887. The van der Waals surface area contributed by atoms with E-state index >= 15 is 0 Å². The number of hydrogen-bond acceptors (Lipinski definition) is 6. The first-order chi connectivity index (χ1) is 12.6. The Kier molecular flexibility index (Phi) is 5.46. The van der Waals surface area contributed by atoms with E-state index < -0.39 is 21.8 Å². The van der Waals surface area contributed by atoms with Crippen molar-refractivity contribution in [2.75, 3.05) is 31.1 Å². The van der Waals surface area contributed by atoms with E-state index in [-0.39, 0.29) is 23.9 Å². The Morgan fingerprint density at radius 3 is 2.15 bits per heavy atom. The monoisotopic (exact) mass is 420 g/mol. The first-order valence-corrected chi connectivity index (χ1v) is 10.6. The van der Waals surface area contributed by atoms with Gasteiger partial charge in [-0.25, -0.2) is 13.4 Å². The summed E-state index contributed by atoms with van der Waals surface area (Å²) in [6.45, 7) is 5.37. The smallest absolute Gasteiger partial charge is 0.344 e. The molecule has 1 aliphatic rings. The molecule has 27 heavy (non-hydrogen) atoms. The van der Waals surface area contributed by atoms with Crippen LogP contribution in [0.2, 0.25) is 0 Å². The second-order valence-electron chi connectivity index (χ2n) is 6.50. The molecule has 0 N–H and O–H groups in total. The molecule has 0 amide bonds. The normalized spacial score (nSPS) is 16.9. The highest BCUT2D eigenvalue weighted by molar-refractivity contribution is 7.89. The summed E-state index contributed by atoms with van der Waals surface area (Å²) in [5.41, 5.74) is -0.872. The molecule has 0 saturated carbocycles. The molecule has 2 aromatic rings. The van der Waals surface area contributed by atoms with Crippen LogP contribution in [-0.4, -0.2) is 48.3 Å². The van der Waals surface area contributed by atoms with Gasteiger partial charge in [-0.05, 0) is 24.3 Å². The van der Waals surface area contributed by atoms with Gasteiger partial charge in [0.1, 0.15) is 5.82 Å². The average Bonchev–Trinajstić information content (AvgIpc) is 3.12. The van der Waals surface area contributed by atoms with Gasteiger partial charge in [-0.2, -0.15) is 21.9 Å². The molecule has 3 rings (SSSR count). The highest BCUT2D eigenvalue weighted by Gasteiger charge is 2.33. The maximum Gasteiger partial charge on any atom is 0.416 e. The number of alkyl halides is 3. The molecule has 148 valence electrons. The van der Waals surface area contributed by atoms with Crippen LogP contribution >= 0.6 is 11.5 Å². The average molecular weight is 420 g/mol. The van der Waals surface area contributed by atoms with Crippen molar-refractivity contribution >= 4 is 26.7 Å². The summed E-state index contributed by atoms with van der Waals surface area (Å²) in [6, 6.07) is 3.59. The van der Waals surface area contributed by atoms with Crippen molar-refractivity contribution in [3.63, 3.8) is 0 Å². The van der Waals surface area contributed by atoms with E-state index in [9.17, 15) is 21.6 Å². The molecule has 0 atom stereocenters. The molecule has 0 spiro atoms. The number of nitrogens with zero attached hydrogens (tertiary/aromatic N) is 4. The Labute approximate surface area is 159 Å². The fourth-order valence-corrected chi connectivity index (χ4v) is 4.96. The molecule has 2 heterocycles. The van der Waals surface area contributed by atoms with E-state index in [1.54, 1.807) is 0 Å². The minimum atomic E-state index is -4.50. The lowest BCUT2D eigenvalue weighted by Crippen LogP contribution is -2.48. The zero-order chi connectivity index (χ0) is 19.8. The minimum Gasteiger partial charge on any atom is -0.344 e. The highest BCUT2D eigenvalue weighted by Crippen LogP contribution is 2.30. The van der Waals surface area contributed by atoms with Crippen LogP contribution in [0.4, 0.5) is 18.3 Å². The molecule has 1 fully saturated rings. The molecule has 1 aromatic heterocycles. The largest absolute Gasteiger partial charge is 0.416 e. The van der Waals surface area contributed by atoms with Gasteiger partial charge in [0.15, 0.2) is 0 Å². The lowest BCUT2D eigenvalue weighted by Gasteiger charge is -2.33. The predicted octanol–water partition coefficient (Wildman–Crippen LogP) is 3.19. The van der Waals surface area contributed by atoms with Gasteiger partial charge in [0.05, 0.1) is 10.5 Å². The summed E-state index contributed by atoms with van der Waals surface area (Å²) in [6.07, 6.45) is -4.50. The zero-order valence-electron chi connectivity index (χ0n) is 14.8. The Balaban J connectivity index is 1.69. The van der Waals surface area contributed by atoms with Gasteiger partial charge < -0.3 is 4.90 Å². The van der Waals surface area contributed by atoms with Crippen LogP contribution in [0.25, 0.3) is 0 Å². The minimum absolute atomic E-state index is 0.137. The summed E-state index contributed by atoms with van der Waals surface area (Å²) in [7, 11) is -3.83. The summed E-state index contributed by atoms with van der Waals surface area (Å²) in [5.74, 6) is 0.978. The third-order valence-corrected chi connectivity index (χ3v) is 6.98. The van der Waals surface area contributed by atoms with Gasteiger partial charge in [0, 0.05) is 43.6 Å². The number of rotatable bonds is 4. The first-order valence-electron chi connectivity index (χ1n) is 8.35. The van der Waals surface area contributed by atoms with Gasteiger partial charge in [-0.1, -0.05) is 13.8 Å². The predicted molar refractivity (Wildman–Crippen MR) is 96.4 cm³/mol. The van der Waals surface area contributed by atoms with Gasteiger partial charge in [0.2, 0.25) is 15.2 Å². The molecule has 1 aliphatic heterocycles. The third-order valence-electron chi connectivity index (χ3n) is 4.28. The second-order valence-corrected chi connectivity index (χ2v) is 9.17. The maximum absolute atomic E-state index is 12.7. The molecule has 1 aromatic carbocycles. The van der Waals surface area contributed by atoms with Crippen LogP contribution in [0.5, 0.6) is 0 Å². The first kappa shape index (κ1) is 20.0. The van der Waals surface area contributed by atoms with E-state index in [1.807, 2.05) is 18.7 Å². The second kappa shape index (κ2) is 7.36. The number of halogens is 3. The lowest BCUT2D eigenvalue weighted by molar-refractivity contribution is -0.137. The van der Waals surface area contributed by atoms with Crippen LogP contribution < -0.4 is 4.90 Å². The van der Waals surface area contributed by atoms with Gasteiger partial charge in [0.25, 0.3) is 0 Å². The van der Waals surface area contributed by atoms with Gasteiger partial charge >= 0.3 is 6.18 Å². The SMILES string of the molecule is CC(C)c1nsc(N2CCN(S(=O)(=O)c3ccc(C(F)(F)F)cc3)CC2)n1. The maximum atomic E-state index is 12.7. The van der Waals surface area contributed by atoms with Gasteiger partial charge in [-0.3, -0.25) is 0 Å². The molecule has 1 saturated heterocycles. The molecule has 0 bridgehead atoms. The molecule has 11 heteroatoms. The lowest BCUT2D eigenvalue weighted by atomic mass is 10.2. The standard InChI is InChI=1S/C16H19F3N4O2S2/c1-11(2)14-20-15(26-21-14)22-7-9-23(10-8-22)27(24,25)13-5-3-12(4-6-13)16(17,18)19/h3-6,11H,7-10H2,1-2H3. The van der Waals surface area contributed by atoms with Crippen molar-refractivity contribution in [1.82, 2.24) is 13.7 Å². The van der Waals surface area contributed by atoms with Crippen LogP contribution in [-0.2, 0) is 16.2 Å². The molecule has 0 unspecified atom stereocenters. The van der Waals surface area contributed by atoms with Crippen LogP contribution in [0.1, 0.15) is 31.2 Å². The van der Waals surface area contributed by atoms with Crippen LogP contribution in [0.3, 0.4) is 0 Å². The molecular formula is C16H19F3N4O2S2. The van der Waals surface area contributed by atoms with E-state index in [0.29, 0.717) is 13.1 Å². The van der Waals surface area contributed by atoms with Crippen molar-refractivity contribution in [2.45, 2.75) is 30.8 Å². The quantitative estimate of drug-likeness (QED) is 0.760. The Hall–Kier alpha value is -1.72. The zero-order valence-corrected chi connectivity index (χ0v) is 16.4. The van der Waals surface area contributed by atoms with E-state index in [1.165, 1.54) is 15.8 Å². The van der Waals surface area contributed by atoms with Crippen LogP contribution in [0, 0.1) is 0 Å². The van der Waals surface area contributed by atoms with Crippen molar-refractivity contribution in [2.24, 2.45) is 0 Å². The Morgan fingerprint density at radius 1 is 1.07 bits per heavy atom. The Morgan fingerprint density at radius 2 is 1.67 bits per heavy atom. The number of anilines is 1. The van der Waals surface area contributed by atoms with Crippen molar-refractivity contribution < 1.29 is 21.6 Å². The fourth-order valence-electron chi connectivity index (χ4n) is 2.67.